The summed E-state index contributed by atoms with van der Waals surface area (Å²) in [6, 6.07) is 13.6. The van der Waals surface area contributed by atoms with Gasteiger partial charge in [-0.3, -0.25) is 4.79 Å². The molecule has 2 aromatic carbocycles. The van der Waals surface area contributed by atoms with Gasteiger partial charge < -0.3 is 20.1 Å². The number of benzene rings is 2. The molecule has 0 unspecified atom stereocenters. The highest BCUT2D eigenvalue weighted by molar-refractivity contribution is 7.80. The van der Waals surface area contributed by atoms with E-state index in [4.69, 9.17) is 21.7 Å². The van der Waals surface area contributed by atoms with Crippen molar-refractivity contribution in [2.24, 2.45) is 5.41 Å². The van der Waals surface area contributed by atoms with E-state index < -0.39 is 5.41 Å². The number of carbonyl (C=O) groups is 1. The van der Waals surface area contributed by atoms with Gasteiger partial charge in [0.2, 0.25) is 5.91 Å². The smallest absolute Gasteiger partial charge is 0.231 e. The fraction of sp³-hybridized carbons (Fsp3) is 0.391. The van der Waals surface area contributed by atoms with E-state index in [0.717, 1.165) is 17.7 Å². The summed E-state index contributed by atoms with van der Waals surface area (Å²) in [7, 11) is 1.59. The maximum atomic E-state index is 12.7. The number of ether oxygens (including phenoxy) is 2. The second-order valence-corrected chi connectivity index (χ2v) is 8.12. The Balaban J connectivity index is 1.82. The molecule has 0 bridgehead atoms. The summed E-state index contributed by atoms with van der Waals surface area (Å²) >= 11 is 5.29. The molecule has 0 atom stereocenters. The quantitative estimate of drug-likeness (QED) is 0.470. The Bertz CT molecular complexity index is 865. The van der Waals surface area contributed by atoms with E-state index in [1.54, 1.807) is 7.11 Å². The second kappa shape index (κ2) is 10.3. The van der Waals surface area contributed by atoms with Gasteiger partial charge in [-0.1, -0.05) is 38.1 Å². The van der Waals surface area contributed by atoms with Gasteiger partial charge in [-0.2, -0.15) is 0 Å². The van der Waals surface area contributed by atoms with Gasteiger partial charge in [-0.25, -0.2) is 0 Å². The summed E-state index contributed by atoms with van der Waals surface area (Å²) in [5, 5.41) is 6.04. The first-order valence-corrected chi connectivity index (χ1v) is 10.1. The zero-order valence-electron chi connectivity index (χ0n) is 17.8. The van der Waals surface area contributed by atoms with Crippen molar-refractivity contribution in [3.63, 3.8) is 0 Å². The van der Waals surface area contributed by atoms with Crippen LogP contribution >= 0.6 is 12.2 Å². The highest BCUT2D eigenvalue weighted by atomic mass is 32.1. The lowest BCUT2D eigenvalue weighted by Crippen LogP contribution is -2.42. The number of thiocarbonyl (C=S) groups is 1. The van der Waals surface area contributed by atoms with Crippen molar-refractivity contribution in [1.82, 2.24) is 5.32 Å². The molecule has 0 aliphatic heterocycles. The number of anilines is 1. The molecule has 2 aromatic rings. The molecule has 0 aromatic heterocycles. The van der Waals surface area contributed by atoms with Crippen LogP contribution in [0.4, 0.5) is 5.69 Å². The molecule has 0 radical (unpaired) electrons. The minimum atomic E-state index is -0.572. The van der Waals surface area contributed by atoms with Gasteiger partial charge in [0.25, 0.3) is 0 Å². The van der Waals surface area contributed by atoms with Crippen LogP contribution in [0.3, 0.4) is 0 Å². The number of amides is 1. The summed E-state index contributed by atoms with van der Waals surface area (Å²) in [6.45, 7) is 8.45. The van der Waals surface area contributed by atoms with Crippen LogP contribution in [-0.2, 0) is 4.79 Å². The van der Waals surface area contributed by atoms with Crippen molar-refractivity contribution >= 4 is 28.9 Å². The first-order valence-electron chi connectivity index (χ1n) is 9.68. The predicted molar refractivity (Wildman–Crippen MR) is 122 cm³/mol. The molecule has 6 heteroatoms. The van der Waals surface area contributed by atoms with Gasteiger partial charge in [0, 0.05) is 5.41 Å². The van der Waals surface area contributed by atoms with E-state index >= 15 is 0 Å². The topological polar surface area (TPSA) is 59.6 Å². The molecule has 5 nitrogen and oxygen atoms in total. The molecule has 0 saturated carbocycles. The highest BCUT2D eigenvalue weighted by Crippen LogP contribution is 2.25. The van der Waals surface area contributed by atoms with Crippen molar-refractivity contribution in [2.75, 3.05) is 19.0 Å². The van der Waals surface area contributed by atoms with Crippen LogP contribution in [0.25, 0.3) is 0 Å². The first-order chi connectivity index (χ1) is 13.7. The van der Waals surface area contributed by atoms with Crippen molar-refractivity contribution in [1.29, 1.82) is 0 Å². The lowest BCUT2D eigenvalue weighted by molar-refractivity contribution is -0.128. The zero-order valence-corrected chi connectivity index (χ0v) is 18.6. The number of rotatable bonds is 8. The average molecular weight is 415 g/mol. The minimum Gasteiger partial charge on any atom is -0.495 e. The molecular weight excluding hydrogens is 384 g/mol. The molecule has 2 N–H and O–H groups in total. The molecular formula is C23H30N2O3S. The number of hydrogen-bond donors (Lipinski definition) is 2. The van der Waals surface area contributed by atoms with Gasteiger partial charge in [-0.15, -0.1) is 0 Å². The van der Waals surface area contributed by atoms with E-state index in [2.05, 4.69) is 22.8 Å². The summed E-state index contributed by atoms with van der Waals surface area (Å²) < 4.78 is 11.2. The number of nitrogens with one attached hydrogen (secondary N) is 2. The van der Waals surface area contributed by atoms with Crippen LogP contribution < -0.4 is 20.1 Å². The number of para-hydroxylation sites is 2. The normalized spacial score (nSPS) is 10.9. The van der Waals surface area contributed by atoms with Gasteiger partial charge in [0.15, 0.2) is 5.11 Å². The van der Waals surface area contributed by atoms with Crippen LogP contribution in [0.15, 0.2) is 42.5 Å². The third-order valence-electron chi connectivity index (χ3n) is 4.74. The van der Waals surface area contributed by atoms with E-state index in [1.165, 1.54) is 5.56 Å². The van der Waals surface area contributed by atoms with E-state index in [0.29, 0.717) is 24.5 Å². The van der Waals surface area contributed by atoms with Crippen molar-refractivity contribution in [3.8, 4) is 11.5 Å². The van der Waals surface area contributed by atoms with Gasteiger partial charge in [0.05, 0.1) is 19.4 Å². The lowest BCUT2D eigenvalue weighted by atomic mass is 9.87. The Hall–Kier alpha value is -2.60. The Morgan fingerprint density at radius 1 is 1.10 bits per heavy atom. The summed E-state index contributed by atoms with van der Waals surface area (Å²) in [5.41, 5.74) is 2.42. The van der Waals surface area contributed by atoms with Gasteiger partial charge in [0.1, 0.15) is 11.5 Å². The van der Waals surface area contributed by atoms with E-state index in [9.17, 15) is 4.79 Å². The zero-order chi connectivity index (χ0) is 21.4. The molecule has 1 amide bonds. The van der Waals surface area contributed by atoms with Crippen LogP contribution in [0.1, 0.15) is 37.8 Å². The highest BCUT2D eigenvalue weighted by Gasteiger charge is 2.28. The third-order valence-corrected chi connectivity index (χ3v) is 4.95. The maximum absolute atomic E-state index is 12.7. The largest absolute Gasteiger partial charge is 0.495 e. The molecule has 0 aliphatic rings. The molecule has 156 valence electrons. The average Bonchev–Trinajstić information content (AvgIpc) is 2.68. The molecule has 0 saturated heterocycles. The number of aryl methyl sites for hydroxylation is 2. The fourth-order valence-electron chi connectivity index (χ4n) is 2.85. The Labute approximate surface area is 178 Å². The van der Waals surface area contributed by atoms with Gasteiger partial charge >= 0.3 is 0 Å². The standard InChI is InChI=1S/C23H30N2O3S/c1-16-11-12-17(2)20(15-16)28-14-8-13-23(3,4)21(26)25-22(29)24-18-9-6-7-10-19(18)27-5/h6-7,9-12,15H,8,13-14H2,1-5H3,(H2,24,25,26,29). The van der Waals surface area contributed by atoms with Crippen LogP contribution in [0, 0.1) is 19.3 Å². The van der Waals surface area contributed by atoms with E-state index in [-0.39, 0.29) is 11.0 Å². The van der Waals surface area contributed by atoms with Crippen LogP contribution in [-0.4, -0.2) is 24.7 Å². The van der Waals surface area contributed by atoms with Crippen molar-refractivity contribution in [3.05, 3.63) is 53.6 Å². The first kappa shape index (κ1) is 22.7. The molecule has 0 fully saturated rings. The SMILES string of the molecule is COc1ccccc1NC(=S)NC(=O)C(C)(C)CCCOc1cc(C)ccc1C. The number of hydrogen-bond acceptors (Lipinski definition) is 4. The molecule has 0 aliphatic carbocycles. The van der Waals surface area contributed by atoms with Crippen LogP contribution in [0.2, 0.25) is 0 Å². The minimum absolute atomic E-state index is 0.128. The molecule has 29 heavy (non-hydrogen) atoms. The Kier molecular flexibility index (Phi) is 8.02. The Morgan fingerprint density at radius 2 is 1.83 bits per heavy atom. The third kappa shape index (κ3) is 6.75. The predicted octanol–water partition coefficient (Wildman–Crippen LogP) is 5.01. The Morgan fingerprint density at radius 3 is 2.55 bits per heavy atom. The number of methoxy groups -OCH3 is 1. The van der Waals surface area contributed by atoms with Crippen molar-refractivity contribution in [2.45, 2.75) is 40.5 Å². The van der Waals surface area contributed by atoms with Crippen LogP contribution in [0.5, 0.6) is 11.5 Å². The van der Waals surface area contributed by atoms with Crippen molar-refractivity contribution < 1.29 is 14.3 Å². The van der Waals surface area contributed by atoms with E-state index in [1.807, 2.05) is 58.0 Å². The summed E-state index contributed by atoms with van der Waals surface area (Å²) in [6.07, 6.45) is 1.45. The monoisotopic (exact) mass is 414 g/mol. The fourth-order valence-corrected chi connectivity index (χ4v) is 3.05. The molecule has 0 heterocycles. The lowest BCUT2D eigenvalue weighted by Gasteiger charge is -2.24. The number of carbonyl (C=O) groups excluding carboxylic acids is 1. The summed E-state index contributed by atoms with van der Waals surface area (Å²) in [5.74, 6) is 1.43. The second-order valence-electron chi connectivity index (χ2n) is 7.71. The maximum Gasteiger partial charge on any atom is 0.231 e. The molecule has 0 spiro atoms. The van der Waals surface area contributed by atoms with Gasteiger partial charge in [-0.05, 0) is 68.2 Å². The molecule has 2 rings (SSSR count). The summed E-state index contributed by atoms with van der Waals surface area (Å²) in [4.78, 5) is 12.7.